The van der Waals surface area contributed by atoms with Crippen LogP contribution in [0.5, 0.6) is 0 Å². The van der Waals surface area contributed by atoms with E-state index in [1.54, 1.807) is 6.92 Å². The van der Waals surface area contributed by atoms with Gasteiger partial charge in [0.05, 0.1) is 12.0 Å². The van der Waals surface area contributed by atoms with E-state index in [9.17, 15) is 9.59 Å². The first-order valence-electron chi connectivity index (χ1n) is 6.39. The van der Waals surface area contributed by atoms with Crippen molar-refractivity contribution in [2.45, 2.75) is 44.8 Å². The molecular weight excluding hydrogens is 266 g/mol. The van der Waals surface area contributed by atoms with Gasteiger partial charge in [0.1, 0.15) is 13.2 Å². The molecule has 1 fully saturated rings. The maximum atomic E-state index is 11.7. The molecule has 1 aliphatic carbocycles. The molecule has 20 heavy (non-hydrogen) atoms. The van der Waals surface area contributed by atoms with Gasteiger partial charge in [-0.05, 0) is 26.2 Å². The Kier molecular flexibility index (Phi) is 4.33. The third-order valence-electron chi connectivity index (χ3n) is 3.23. The number of nitrogens with zero attached hydrogens (tertiary/aromatic N) is 2. The minimum absolute atomic E-state index is 0.0540. The molecule has 1 aromatic rings. The van der Waals surface area contributed by atoms with E-state index in [0.29, 0.717) is 24.6 Å². The van der Waals surface area contributed by atoms with Crippen LogP contribution in [0.3, 0.4) is 0 Å². The SMILES string of the molecule is Cc1noc(COCC(=O)NC2(CC(=O)O)CCC2)n1. The predicted molar refractivity (Wildman–Crippen MR) is 65.7 cm³/mol. The van der Waals surface area contributed by atoms with Crippen LogP contribution in [-0.4, -0.2) is 39.3 Å². The summed E-state index contributed by atoms with van der Waals surface area (Å²) in [6.45, 7) is 1.58. The number of carboxylic acids is 1. The van der Waals surface area contributed by atoms with Crippen LogP contribution in [0.25, 0.3) is 0 Å². The molecule has 0 radical (unpaired) electrons. The Morgan fingerprint density at radius 3 is 2.75 bits per heavy atom. The first-order chi connectivity index (χ1) is 9.49. The smallest absolute Gasteiger partial charge is 0.305 e. The van der Waals surface area contributed by atoms with Gasteiger partial charge in [-0.2, -0.15) is 4.98 Å². The lowest BCUT2D eigenvalue weighted by atomic mass is 9.74. The van der Waals surface area contributed by atoms with E-state index in [4.69, 9.17) is 14.4 Å². The van der Waals surface area contributed by atoms with Gasteiger partial charge in [0.15, 0.2) is 5.82 Å². The van der Waals surface area contributed by atoms with Crippen LogP contribution in [0.1, 0.15) is 37.4 Å². The summed E-state index contributed by atoms with van der Waals surface area (Å²) in [4.78, 5) is 26.4. The lowest BCUT2D eigenvalue weighted by molar-refractivity contribution is -0.141. The van der Waals surface area contributed by atoms with Crippen LogP contribution >= 0.6 is 0 Å². The number of nitrogens with one attached hydrogen (secondary N) is 1. The van der Waals surface area contributed by atoms with Crippen LogP contribution in [0.15, 0.2) is 4.52 Å². The molecule has 0 unspecified atom stereocenters. The maximum Gasteiger partial charge on any atom is 0.305 e. The highest BCUT2D eigenvalue weighted by Crippen LogP contribution is 2.34. The minimum atomic E-state index is -0.910. The summed E-state index contributed by atoms with van der Waals surface area (Å²) < 4.78 is 10.00. The molecule has 1 aromatic heterocycles. The molecule has 0 aliphatic heterocycles. The molecule has 2 N–H and O–H groups in total. The van der Waals surface area contributed by atoms with Gasteiger partial charge in [-0.25, -0.2) is 0 Å². The second-order valence-corrected chi connectivity index (χ2v) is 4.98. The number of rotatable bonds is 7. The van der Waals surface area contributed by atoms with Crippen LogP contribution in [-0.2, 0) is 20.9 Å². The van der Waals surface area contributed by atoms with Gasteiger partial charge in [0.2, 0.25) is 5.91 Å². The normalized spacial score (nSPS) is 16.4. The van der Waals surface area contributed by atoms with Crippen LogP contribution in [0, 0.1) is 6.92 Å². The molecule has 2 rings (SSSR count). The van der Waals surface area contributed by atoms with Crippen molar-refractivity contribution in [3.63, 3.8) is 0 Å². The van der Waals surface area contributed by atoms with E-state index < -0.39 is 11.5 Å². The zero-order chi connectivity index (χ0) is 14.6. The Labute approximate surface area is 115 Å². The van der Waals surface area contributed by atoms with E-state index in [1.807, 2.05) is 0 Å². The molecule has 8 nitrogen and oxygen atoms in total. The number of carbonyl (C=O) groups excluding carboxylic acids is 1. The molecule has 110 valence electrons. The second kappa shape index (κ2) is 6.00. The number of amides is 1. The highest BCUT2D eigenvalue weighted by Gasteiger charge is 2.40. The standard InChI is InChI=1S/C12H17N3O5/c1-8-13-10(20-15-8)7-19-6-9(16)14-12(3-2-4-12)5-11(17)18/h2-7H2,1H3,(H,14,16)(H,17,18). The lowest BCUT2D eigenvalue weighted by Crippen LogP contribution is -2.55. The molecule has 1 heterocycles. The van der Waals surface area contributed by atoms with E-state index in [2.05, 4.69) is 15.5 Å². The maximum absolute atomic E-state index is 11.7. The van der Waals surface area contributed by atoms with E-state index in [1.165, 1.54) is 0 Å². The Morgan fingerprint density at radius 2 is 2.25 bits per heavy atom. The number of aryl methyl sites for hydroxylation is 1. The van der Waals surface area contributed by atoms with Crippen LogP contribution in [0.2, 0.25) is 0 Å². The van der Waals surface area contributed by atoms with Crippen LogP contribution < -0.4 is 5.32 Å². The van der Waals surface area contributed by atoms with Crippen molar-refractivity contribution in [3.8, 4) is 0 Å². The van der Waals surface area contributed by atoms with Crippen molar-refractivity contribution >= 4 is 11.9 Å². The third-order valence-corrected chi connectivity index (χ3v) is 3.23. The van der Waals surface area contributed by atoms with Gasteiger partial charge in [0, 0.05) is 0 Å². The molecule has 1 amide bonds. The highest BCUT2D eigenvalue weighted by molar-refractivity contribution is 5.79. The van der Waals surface area contributed by atoms with Crippen LogP contribution in [0.4, 0.5) is 0 Å². The first kappa shape index (κ1) is 14.4. The fourth-order valence-electron chi connectivity index (χ4n) is 2.20. The molecule has 8 heteroatoms. The lowest BCUT2D eigenvalue weighted by Gasteiger charge is -2.41. The van der Waals surface area contributed by atoms with Crippen molar-refractivity contribution in [3.05, 3.63) is 11.7 Å². The van der Waals surface area contributed by atoms with Crippen molar-refractivity contribution in [1.29, 1.82) is 0 Å². The number of hydrogen-bond donors (Lipinski definition) is 2. The molecular formula is C12H17N3O5. The number of aromatic nitrogens is 2. The molecule has 1 saturated carbocycles. The summed E-state index contributed by atoms with van der Waals surface area (Å²) in [5.41, 5.74) is -0.604. The number of carbonyl (C=O) groups is 2. The van der Waals surface area contributed by atoms with Crippen molar-refractivity contribution in [2.24, 2.45) is 0 Å². The number of carboxylic acid groups (broad SMARTS) is 1. The molecule has 0 spiro atoms. The second-order valence-electron chi connectivity index (χ2n) is 4.98. The van der Waals surface area contributed by atoms with Crippen molar-refractivity contribution < 1.29 is 24.0 Å². The van der Waals surface area contributed by atoms with E-state index in [-0.39, 0.29) is 25.5 Å². The quantitative estimate of drug-likeness (QED) is 0.744. The molecule has 0 bridgehead atoms. The zero-order valence-corrected chi connectivity index (χ0v) is 11.2. The number of hydrogen-bond acceptors (Lipinski definition) is 6. The highest BCUT2D eigenvalue weighted by atomic mass is 16.5. The third kappa shape index (κ3) is 3.77. The first-order valence-corrected chi connectivity index (χ1v) is 6.39. The topological polar surface area (TPSA) is 115 Å². The van der Waals surface area contributed by atoms with Gasteiger partial charge in [-0.1, -0.05) is 5.16 Å². The van der Waals surface area contributed by atoms with Gasteiger partial charge in [0.25, 0.3) is 5.89 Å². The summed E-state index contributed by atoms with van der Waals surface area (Å²) >= 11 is 0. The van der Waals surface area contributed by atoms with Crippen molar-refractivity contribution in [1.82, 2.24) is 15.5 Å². The fourth-order valence-corrected chi connectivity index (χ4v) is 2.20. The van der Waals surface area contributed by atoms with Gasteiger partial charge >= 0.3 is 5.97 Å². The Balaban J connectivity index is 1.73. The monoisotopic (exact) mass is 283 g/mol. The summed E-state index contributed by atoms with van der Waals surface area (Å²) in [5.74, 6) is -0.434. The predicted octanol–water partition coefficient (Wildman–Crippen LogP) is 0.408. The Bertz CT molecular complexity index is 495. The summed E-state index contributed by atoms with van der Waals surface area (Å²) in [6.07, 6.45) is 2.25. The Morgan fingerprint density at radius 1 is 1.50 bits per heavy atom. The average Bonchev–Trinajstić information content (AvgIpc) is 2.71. The minimum Gasteiger partial charge on any atom is -0.481 e. The largest absolute Gasteiger partial charge is 0.481 e. The van der Waals surface area contributed by atoms with Gasteiger partial charge in [-0.3, -0.25) is 9.59 Å². The zero-order valence-electron chi connectivity index (χ0n) is 11.2. The summed E-state index contributed by atoms with van der Waals surface area (Å²) in [6, 6.07) is 0. The average molecular weight is 283 g/mol. The fraction of sp³-hybridized carbons (Fsp3) is 0.667. The van der Waals surface area contributed by atoms with Crippen molar-refractivity contribution in [2.75, 3.05) is 6.61 Å². The van der Waals surface area contributed by atoms with Gasteiger partial charge < -0.3 is 19.7 Å². The number of aliphatic carboxylic acids is 1. The molecule has 0 atom stereocenters. The number of ether oxygens (including phenoxy) is 1. The summed E-state index contributed by atoms with van der Waals surface area (Å²) in [5, 5.41) is 15.2. The van der Waals surface area contributed by atoms with E-state index >= 15 is 0 Å². The van der Waals surface area contributed by atoms with Gasteiger partial charge in [-0.15, -0.1) is 0 Å². The Hall–Kier alpha value is -1.96. The van der Waals surface area contributed by atoms with E-state index in [0.717, 1.165) is 6.42 Å². The molecule has 1 aliphatic rings. The molecule has 0 aromatic carbocycles. The summed E-state index contributed by atoms with van der Waals surface area (Å²) in [7, 11) is 0. The molecule has 0 saturated heterocycles.